The second kappa shape index (κ2) is 4.90. The van der Waals surface area contributed by atoms with E-state index in [1.807, 2.05) is 12.1 Å². The Labute approximate surface area is 108 Å². The maximum Gasteiger partial charge on any atom is 0.115 e. The first-order valence-electron chi connectivity index (χ1n) is 6.91. The highest BCUT2D eigenvalue weighted by atomic mass is 16.5. The smallest absolute Gasteiger partial charge is 0.115 e. The van der Waals surface area contributed by atoms with Crippen molar-refractivity contribution in [3.8, 4) is 5.75 Å². The van der Waals surface area contributed by atoms with Gasteiger partial charge in [0.1, 0.15) is 5.75 Å². The van der Waals surface area contributed by atoms with E-state index in [9.17, 15) is 5.11 Å². The van der Waals surface area contributed by atoms with Gasteiger partial charge in [-0.1, -0.05) is 6.07 Å². The summed E-state index contributed by atoms with van der Waals surface area (Å²) in [4.78, 5) is 2.54. The number of morpholine rings is 1. The van der Waals surface area contributed by atoms with Crippen molar-refractivity contribution < 1.29 is 9.84 Å². The lowest BCUT2D eigenvalue weighted by molar-refractivity contribution is -0.0261. The van der Waals surface area contributed by atoms with Crippen molar-refractivity contribution in [2.45, 2.75) is 38.3 Å². The van der Waals surface area contributed by atoms with Crippen molar-refractivity contribution >= 4 is 0 Å². The molecule has 3 heteroatoms. The molecule has 3 rings (SSSR count). The number of phenolic OH excluding ortho intramolecular Hbond substituents is 1. The lowest BCUT2D eigenvalue weighted by atomic mass is 9.86. The molecule has 1 fully saturated rings. The number of aromatic hydroxyl groups is 1. The molecule has 1 N–H and O–H groups in total. The second-order valence-corrected chi connectivity index (χ2v) is 5.45. The molecule has 1 aliphatic carbocycles. The van der Waals surface area contributed by atoms with Gasteiger partial charge in [-0.3, -0.25) is 4.90 Å². The van der Waals surface area contributed by atoms with E-state index < -0.39 is 0 Å². The van der Waals surface area contributed by atoms with Crippen LogP contribution in [0, 0.1) is 0 Å². The van der Waals surface area contributed by atoms with Gasteiger partial charge >= 0.3 is 0 Å². The number of phenols is 1. The van der Waals surface area contributed by atoms with Gasteiger partial charge in [0.15, 0.2) is 0 Å². The Bertz CT molecular complexity index is 433. The Kier molecular flexibility index (Phi) is 3.27. The van der Waals surface area contributed by atoms with Crippen molar-refractivity contribution in [1.29, 1.82) is 0 Å². The molecule has 3 nitrogen and oxygen atoms in total. The van der Waals surface area contributed by atoms with E-state index in [1.165, 1.54) is 24.0 Å². The average molecular weight is 247 g/mol. The van der Waals surface area contributed by atoms with Crippen molar-refractivity contribution in [2.24, 2.45) is 0 Å². The molecule has 2 atom stereocenters. The summed E-state index contributed by atoms with van der Waals surface area (Å²) in [6.45, 7) is 4.89. The zero-order valence-corrected chi connectivity index (χ0v) is 10.9. The SMILES string of the molecule is CC1COCCN1C1CCCc2ccc(O)cc21. The summed E-state index contributed by atoms with van der Waals surface area (Å²) in [5.74, 6) is 0.390. The van der Waals surface area contributed by atoms with Crippen LogP contribution in [0.25, 0.3) is 0 Å². The largest absolute Gasteiger partial charge is 0.508 e. The molecular formula is C15H21NO2. The van der Waals surface area contributed by atoms with Gasteiger partial charge in [-0.05, 0) is 49.4 Å². The van der Waals surface area contributed by atoms with Crippen LogP contribution in [0.1, 0.15) is 36.9 Å². The average Bonchev–Trinajstić information content (AvgIpc) is 2.39. The summed E-state index contributed by atoms with van der Waals surface area (Å²) in [7, 11) is 0. The molecule has 1 aromatic rings. The fourth-order valence-electron chi connectivity index (χ4n) is 3.31. The number of rotatable bonds is 1. The second-order valence-electron chi connectivity index (χ2n) is 5.45. The molecule has 0 aromatic heterocycles. The molecule has 0 radical (unpaired) electrons. The van der Waals surface area contributed by atoms with Crippen LogP contribution in [0.5, 0.6) is 5.75 Å². The Balaban J connectivity index is 1.92. The Morgan fingerprint density at radius 2 is 2.28 bits per heavy atom. The fourth-order valence-corrected chi connectivity index (χ4v) is 3.31. The molecule has 0 saturated carbocycles. The van der Waals surface area contributed by atoms with E-state index in [1.54, 1.807) is 0 Å². The third-order valence-corrected chi connectivity index (χ3v) is 4.23. The van der Waals surface area contributed by atoms with Crippen LogP contribution in [0.15, 0.2) is 18.2 Å². The van der Waals surface area contributed by atoms with Crippen molar-refractivity contribution in [1.82, 2.24) is 4.90 Å². The normalized spacial score (nSPS) is 28.9. The molecule has 1 aromatic carbocycles. The number of hydrogen-bond donors (Lipinski definition) is 1. The summed E-state index contributed by atoms with van der Waals surface area (Å²) in [6.07, 6.45) is 3.58. The maximum atomic E-state index is 9.73. The topological polar surface area (TPSA) is 32.7 Å². The quantitative estimate of drug-likeness (QED) is 0.827. The molecule has 1 heterocycles. The summed E-state index contributed by atoms with van der Waals surface area (Å²) in [6, 6.07) is 6.78. The van der Waals surface area contributed by atoms with E-state index in [-0.39, 0.29) is 0 Å². The maximum absolute atomic E-state index is 9.73. The molecule has 0 amide bonds. The number of aryl methyl sites for hydroxylation is 1. The van der Waals surface area contributed by atoms with Gasteiger partial charge in [0.2, 0.25) is 0 Å². The first-order valence-corrected chi connectivity index (χ1v) is 6.91. The van der Waals surface area contributed by atoms with Crippen LogP contribution in [-0.4, -0.2) is 35.8 Å². The van der Waals surface area contributed by atoms with Crippen LogP contribution in [-0.2, 0) is 11.2 Å². The Morgan fingerprint density at radius 1 is 1.39 bits per heavy atom. The van der Waals surface area contributed by atoms with Gasteiger partial charge in [0, 0.05) is 18.6 Å². The molecule has 0 bridgehead atoms. The highest BCUT2D eigenvalue weighted by Crippen LogP contribution is 2.37. The molecule has 2 aliphatic rings. The zero-order valence-electron chi connectivity index (χ0n) is 10.9. The minimum Gasteiger partial charge on any atom is -0.508 e. The molecule has 1 saturated heterocycles. The minimum atomic E-state index is 0.390. The first kappa shape index (κ1) is 12.0. The van der Waals surface area contributed by atoms with Gasteiger partial charge in [-0.25, -0.2) is 0 Å². The number of hydrogen-bond acceptors (Lipinski definition) is 3. The molecule has 2 unspecified atom stereocenters. The van der Waals surface area contributed by atoms with E-state index >= 15 is 0 Å². The third-order valence-electron chi connectivity index (χ3n) is 4.23. The Morgan fingerprint density at radius 3 is 3.11 bits per heavy atom. The van der Waals surface area contributed by atoms with Crippen LogP contribution >= 0.6 is 0 Å². The number of fused-ring (bicyclic) bond motifs is 1. The molecule has 0 spiro atoms. The van der Waals surface area contributed by atoms with Crippen LogP contribution in [0.3, 0.4) is 0 Å². The molecule has 98 valence electrons. The number of ether oxygens (including phenoxy) is 1. The predicted octanol–water partition coefficient (Wildman–Crippen LogP) is 2.49. The lowest BCUT2D eigenvalue weighted by Gasteiger charge is -2.42. The van der Waals surface area contributed by atoms with E-state index in [2.05, 4.69) is 17.9 Å². The molecule has 1 aliphatic heterocycles. The number of benzene rings is 1. The monoisotopic (exact) mass is 247 g/mol. The van der Waals surface area contributed by atoms with Crippen LogP contribution in [0.2, 0.25) is 0 Å². The summed E-state index contributed by atoms with van der Waals surface area (Å²) in [5.41, 5.74) is 2.73. The summed E-state index contributed by atoms with van der Waals surface area (Å²) < 4.78 is 5.52. The van der Waals surface area contributed by atoms with Crippen molar-refractivity contribution in [3.63, 3.8) is 0 Å². The predicted molar refractivity (Wildman–Crippen MR) is 70.8 cm³/mol. The lowest BCUT2D eigenvalue weighted by Crippen LogP contribution is -2.46. The van der Waals surface area contributed by atoms with Gasteiger partial charge in [-0.15, -0.1) is 0 Å². The van der Waals surface area contributed by atoms with Gasteiger partial charge in [0.25, 0.3) is 0 Å². The van der Waals surface area contributed by atoms with Crippen molar-refractivity contribution in [3.05, 3.63) is 29.3 Å². The van der Waals surface area contributed by atoms with Crippen LogP contribution < -0.4 is 0 Å². The molecular weight excluding hydrogens is 226 g/mol. The number of nitrogens with zero attached hydrogens (tertiary/aromatic N) is 1. The van der Waals surface area contributed by atoms with Gasteiger partial charge in [0.05, 0.1) is 13.2 Å². The van der Waals surface area contributed by atoms with E-state index in [0.717, 1.165) is 26.2 Å². The van der Waals surface area contributed by atoms with Crippen molar-refractivity contribution in [2.75, 3.05) is 19.8 Å². The third kappa shape index (κ3) is 2.13. The first-order chi connectivity index (χ1) is 8.75. The van der Waals surface area contributed by atoms with Gasteiger partial charge in [-0.2, -0.15) is 0 Å². The highest BCUT2D eigenvalue weighted by Gasteiger charge is 2.30. The highest BCUT2D eigenvalue weighted by molar-refractivity contribution is 5.38. The summed E-state index contributed by atoms with van der Waals surface area (Å²) >= 11 is 0. The summed E-state index contributed by atoms with van der Waals surface area (Å²) in [5, 5.41) is 9.73. The Hall–Kier alpha value is -1.06. The van der Waals surface area contributed by atoms with E-state index in [0.29, 0.717) is 17.8 Å². The van der Waals surface area contributed by atoms with Gasteiger partial charge < -0.3 is 9.84 Å². The standard InChI is InChI=1S/C15H21NO2/c1-11-10-18-8-7-16(11)15-4-2-3-12-5-6-13(17)9-14(12)15/h5-6,9,11,15,17H,2-4,7-8,10H2,1H3. The zero-order chi connectivity index (χ0) is 12.5. The van der Waals surface area contributed by atoms with E-state index in [4.69, 9.17) is 4.74 Å². The van der Waals surface area contributed by atoms with Crippen LogP contribution in [0.4, 0.5) is 0 Å². The minimum absolute atomic E-state index is 0.390. The fraction of sp³-hybridized carbons (Fsp3) is 0.600. The molecule has 18 heavy (non-hydrogen) atoms.